The van der Waals surface area contributed by atoms with E-state index in [2.05, 4.69) is 50.3 Å². The predicted molar refractivity (Wildman–Crippen MR) is 114 cm³/mol. The molecule has 0 unspecified atom stereocenters. The molecular formula is C23H19N5S. The Morgan fingerprint density at radius 3 is 2.97 bits per heavy atom. The first-order valence-corrected chi connectivity index (χ1v) is 10.5. The van der Waals surface area contributed by atoms with Crippen LogP contribution >= 0.6 is 11.3 Å². The molecule has 1 aromatic carbocycles. The summed E-state index contributed by atoms with van der Waals surface area (Å²) >= 11 is 1.67. The highest BCUT2D eigenvalue weighted by Crippen LogP contribution is 2.25. The van der Waals surface area contributed by atoms with Gasteiger partial charge in [-0.2, -0.15) is 5.26 Å². The summed E-state index contributed by atoms with van der Waals surface area (Å²) in [4.78, 5) is 12.9. The lowest BCUT2D eigenvalue weighted by Gasteiger charge is -2.28. The van der Waals surface area contributed by atoms with Gasteiger partial charge in [-0.25, -0.2) is 9.97 Å². The lowest BCUT2D eigenvalue weighted by atomic mass is 10.1. The summed E-state index contributed by atoms with van der Waals surface area (Å²) in [5.41, 5.74) is 5.27. The van der Waals surface area contributed by atoms with Crippen LogP contribution in [0.4, 0.5) is 0 Å². The van der Waals surface area contributed by atoms with Crippen LogP contribution in [0, 0.1) is 11.3 Å². The first-order valence-electron chi connectivity index (χ1n) is 9.58. The molecule has 3 aromatic heterocycles. The third-order valence-corrected chi connectivity index (χ3v) is 6.09. The molecule has 0 spiro atoms. The summed E-state index contributed by atoms with van der Waals surface area (Å²) in [7, 11) is 0. The topological polar surface area (TPSA) is 57.7 Å². The van der Waals surface area contributed by atoms with Crippen molar-refractivity contribution in [3.8, 4) is 22.5 Å². The normalized spacial score (nSPS) is 13.8. The van der Waals surface area contributed by atoms with E-state index in [0.717, 1.165) is 48.1 Å². The van der Waals surface area contributed by atoms with Crippen LogP contribution in [0.15, 0.2) is 66.3 Å². The van der Waals surface area contributed by atoms with Crippen LogP contribution in [0.1, 0.15) is 22.5 Å². The van der Waals surface area contributed by atoms with Crippen LogP contribution in [-0.2, 0) is 19.5 Å². The Hall–Kier alpha value is -3.27. The maximum Gasteiger partial charge on any atom is 0.169 e. The van der Waals surface area contributed by atoms with E-state index in [4.69, 9.17) is 4.98 Å². The summed E-state index contributed by atoms with van der Waals surface area (Å²) in [6, 6.07) is 18.2. The molecule has 0 aliphatic carbocycles. The Morgan fingerprint density at radius 1 is 1.14 bits per heavy atom. The minimum Gasteiger partial charge on any atom is -0.320 e. The van der Waals surface area contributed by atoms with Gasteiger partial charge in [-0.3, -0.25) is 4.90 Å². The van der Waals surface area contributed by atoms with E-state index in [1.807, 2.05) is 36.5 Å². The van der Waals surface area contributed by atoms with Gasteiger partial charge in [0.05, 0.1) is 22.2 Å². The molecule has 0 amide bonds. The Balaban J connectivity index is 1.35. The van der Waals surface area contributed by atoms with Gasteiger partial charge in [0, 0.05) is 55.4 Å². The summed E-state index contributed by atoms with van der Waals surface area (Å²) in [5.74, 6) is 0.832. The van der Waals surface area contributed by atoms with Gasteiger partial charge in [-0.05, 0) is 41.8 Å². The van der Waals surface area contributed by atoms with Gasteiger partial charge in [0.15, 0.2) is 5.82 Å². The van der Waals surface area contributed by atoms with Crippen LogP contribution in [0.25, 0.3) is 16.4 Å². The molecule has 1 aliphatic heterocycles. The van der Waals surface area contributed by atoms with Gasteiger partial charge in [0.25, 0.3) is 0 Å². The van der Waals surface area contributed by atoms with Crippen LogP contribution in [0.5, 0.6) is 0 Å². The molecular weight excluding hydrogens is 378 g/mol. The van der Waals surface area contributed by atoms with Crippen molar-refractivity contribution < 1.29 is 0 Å². The highest BCUT2D eigenvalue weighted by molar-refractivity contribution is 7.13. The Kier molecular flexibility index (Phi) is 4.68. The standard InChI is InChI=1S/C23H19N5S/c24-13-17-4-1-5-19(12-17)28-9-2-6-20(28)16-27-10-8-21-18(15-27)14-25-23(26-21)22-7-3-11-29-22/h1-7,9,11-12,14H,8,10,15-16H2. The average Bonchev–Trinajstić information content (AvgIpc) is 3.46. The fraction of sp³-hybridized carbons (Fsp3) is 0.174. The van der Waals surface area contributed by atoms with Crippen LogP contribution in [0.2, 0.25) is 0 Å². The molecule has 0 radical (unpaired) electrons. The van der Waals surface area contributed by atoms with Gasteiger partial charge in [-0.15, -0.1) is 11.3 Å². The second-order valence-electron chi connectivity index (χ2n) is 7.14. The molecule has 6 heteroatoms. The summed E-state index contributed by atoms with van der Waals surface area (Å²) < 4.78 is 2.16. The maximum atomic E-state index is 9.18. The number of aromatic nitrogens is 3. The average molecular weight is 398 g/mol. The summed E-state index contributed by atoms with van der Waals surface area (Å²) in [6.45, 7) is 2.66. The first kappa shape index (κ1) is 17.8. The zero-order valence-corrected chi connectivity index (χ0v) is 16.6. The van der Waals surface area contributed by atoms with Gasteiger partial charge >= 0.3 is 0 Å². The van der Waals surface area contributed by atoms with Gasteiger partial charge < -0.3 is 4.57 Å². The number of rotatable bonds is 4. The van der Waals surface area contributed by atoms with Gasteiger partial charge in [0.1, 0.15) is 0 Å². The molecule has 1 aliphatic rings. The van der Waals surface area contributed by atoms with Crippen LogP contribution in [-0.4, -0.2) is 26.0 Å². The number of fused-ring (bicyclic) bond motifs is 1. The predicted octanol–water partition coefficient (Wildman–Crippen LogP) is 4.43. The van der Waals surface area contributed by atoms with Crippen molar-refractivity contribution in [1.82, 2.24) is 19.4 Å². The minimum absolute atomic E-state index is 0.674. The van der Waals surface area contributed by atoms with E-state index >= 15 is 0 Å². The van der Waals surface area contributed by atoms with E-state index in [1.54, 1.807) is 11.3 Å². The number of thiophene rings is 1. The van der Waals surface area contributed by atoms with Gasteiger partial charge in [0.2, 0.25) is 0 Å². The minimum atomic E-state index is 0.674. The van der Waals surface area contributed by atoms with E-state index in [9.17, 15) is 5.26 Å². The van der Waals surface area contributed by atoms with E-state index in [1.165, 1.54) is 11.3 Å². The van der Waals surface area contributed by atoms with E-state index < -0.39 is 0 Å². The SMILES string of the molecule is N#Cc1cccc(-n2cccc2CN2CCc3nc(-c4cccs4)ncc3C2)c1. The molecule has 5 rings (SSSR count). The quantitative estimate of drug-likeness (QED) is 0.511. The van der Waals surface area contributed by atoms with E-state index in [-0.39, 0.29) is 0 Å². The summed E-state index contributed by atoms with van der Waals surface area (Å²) in [6.07, 6.45) is 4.97. The molecule has 0 saturated heterocycles. The number of hydrogen-bond acceptors (Lipinski definition) is 5. The van der Waals surface area contributed by atoms with Crippen molar-refractivity contribution in [3.63, 3.8) is 0 Å². The fourth-order valence-corrected chi connectivity index (χ4v) is 4.45. The molecule has 0 N–H and O–H groups in total. The van der Waals surface area contributed by atoms with Gasteiger partial charge in [-0.1, -0.05) is 12.1 Å². The fourth-order valence-electron chi connectivity index (χ4n) is 3.79. The Labute approximate surface area is 173 Å². The Bertz CT molecular complexity index is 1190. The number of hydrogen-bond donors (Lipinski definition) is 0. The zero-order valence-electron chi connectivity index (χ0n) is 15.8. The highest BCUT2D eigenvalue weighted by Gasteiger charge is 2.20. The van der Waals surface area contributed by atoms with Crippen molar-refractivity contribution >= 4 is 11.3 Å². The molecule has 4 aromatic rings. The molecule has 0 bridgehead atoms. The lowest BCUT2D eigenvalue weighted by Crippen LogP contribution is -2.31. The second-order valence-corrected chi connectivity index (χ2v) is 8.08. The molecule has 29 heavy (non-hydrogen) atoms. The zero-order chi connectivity index (χ0) is 19.6. The molecule has 5 nitrogen and oxygen atoms in total. The number of nitrogens with zero attached hydrogens (tertiary/aromatic N) is 5. The van der Waals surface area contributed by atoms with Crippen molar-refractivity contribution in [1.29, 1.82) is 5.26 Å². The van der Waals surface area contributed by atoms with Crippen molar-refractivity contribution in [2.45, 2.75) is 19.5 Å². The molecule has 142 valence electrons. The van der Waals surface area contributed by atoms with Crippen molar-refractivity contribution in [2.24, 2.45) is 0 Å². The maximum absolute atomic E-state index is 9.18. The largest absolute Gasteiger partial charge is 0.320 e. The van der Waals surface area contributed by atoms with Crippen LogP contribution in [0.3, 0.4) is 0 Å². The summed E-state index contributed by atoms with van der Waals surface area (Å²) in [5, 5.41) is 11.2. The van der Waals surface area contributed by atoms with E-state index in [0.29, 0.717) is 5.56 Å². The first-order chi connectivity index (χ1) is 14.3. The monoisotopic (exact) mass is 397 g/mol. The molecule has 0 atom stereocenters. The highest BCUT2D eigenvalue weighted by atomic mass is 32.1. The smallest absolute Gasteiger partial charge is 0.169 e. The number of nitriles is 1. The lowest BCUT2D eigenvalue weighted by molar-refractivity contribution is 0.239. The molecule has 4 heterocycles. The van der Waals surface area contributed by atoms with Crippen LogP contribution < -0.4 is 0 Å². The van der Waals surface area contributed by atoms with Crippen molar-refractivity contribution in [2.75, 3.05) is 6.54 Å². The molecule has 0 fully saturated rings. The second kappa shape index (κ2) is 7.63. The third kappa shape index (κ3) is 3.58. The Morgan fingerprint density at radius 2 is 2.10 bits per heavy atom. The van der Waals surface area contributed by atoms with Crippen molar-refractivity contribution in [3.05, 3.63) is 88.8 Å². The number of benzene rings is 1. The third-order valence-electron chi connectivity index (χ3n) is 5.23. The molecule has 0 saturated carbocycles.